The first-order valence-corrected chi connectivity index (χ1v) is 10.7. The van der Waals surface area contributed by atoms with E-state index in [-0.39, 0.29) is 36.8 Å². The molecule has 5 unspecified atom stereocenters. The minimum absolute atomic E-state index is 0.195. The Kier molecular flexibility index (Phi) is 8.43. The molecule has 1 heterocycles. The second-order valence-corrected chi connectivity index (χ2v) is 7.99. The van der Waals surface area contributed by atoms with Crippen molar-refractivity contribution in [3.05, 3.63) is 71.8 Å². The molecule has 0 amide bonds. The maximum absolute atomic E-state index is 12.3. The SMILES string of the molecule is CC1C(COC(=O)c2ccccc2)OC(OCCOCc2ccccc2)C(C)C1C. The number of esters is 1. The lowest BCUT2D eigenvalue weighted by atomic mass is 9.79. The van der Waals surface area contributed by atoms with Gasteiger partial charge in [0.1, 0.15) is 6.61 Å². The zero-order chi connectivity index (χ0) is 21.3. The Bertz CT molecular complexity index is 764. The fourth-order valence-corrected chi connectivity index (χ4v) is 3.67. The molecule has 1 aliphatic rings. The largest absolute Gasteiger partial charge is 0.459 e. The van der Waals surface area contributed by atoms with Crippen LogP contribution in [0.4, 0.5) is 0 Å². The van der Waals surface area contributed by atoms with E-state index in [1.165, 1.54) is 0 Å². The molecule has 0 spiro atoms. The summed E-state index contributed by atoms with van der Waals surface area (Å²) in [7, 11) is 0. The molecule has 0 saturated carbocycles. The molecule has 1 saturated heterocycles. The van der Waals surface area contributed by atoms with E-state index < -0.39 is 0 Å². The molecule has 2 aromatic rings. The van der Waals surface area contributed by atoms with Crippen molar-refractivity contribution in [2.75, 3.05) is 19.8 Å². The first-order valence-electron chi connectivity index (χ1n) is 10.7. The van der Waals surface area contributed by atoms with Gasteiger partial charge in [-0.2, -0.15) is 0 Å². The number of carbonyl (C=O) groups is 1. The lowest BCUT2D eigenvalue weighted by Gasteiger charge is -2.43. The third-order valence-electron chi connectivity index (χ3n) is 5.99. The van der Waals surface area contributed by atoms with Gasteiger partial charge in [-0.05, 0) is 29.5 Å². The van der Waals surface area contributed by atoms with Gasteiger partial charge in [0, 0.05) is 5.92 Å². The number of rotatable bonds is 9. The van der Waals surface area contributed by atoms with E-state index in [0.717, 1.165) is 5.56 Å². The molecule has 1 fully saturated rings. The van der Waals surface area contributed by atoms with Gasteiger partial charge in [0.2, 0.25) is 0 Å². The molecule has 162 valence electrons. The van der Waals surface area contributed by atoms with Crippen LogP contribution in [0.3, 0.4) is 0 Å². The van der Waals surface area contributed by atoms with Gasteiger partial charge in [-0.1, -0.05) is 69.3 Å². The van der Waals surface area contributed by atoms with Crippen LogP contribution in [0.25, 0.3) is 0 Å². The lowest BCUT2D eigenvalue weighted by Crippen LogP contribution is -2.48. The fourth-order valence-electron chi connectivity index (χ4n) is 3.67. The van der Waals surface area contributed by atoms with Crippen LogP contribution in [-0.4, -0.2) is 38.2 Å². The van der Waals surface area contributed by atoms with Crippen LogP contribution in [0.15, 0.2) is 60.7 Å². The van der Waals surface area contributed by atoms with Crippen molar-refractivity contribution in [1.29, 1.82) is 0 Å². The van der Waals surface area contributed by atoms with Crippen LogP contribution >= 0.6 is 0 Å². The number of carbonyl (C=O) groups excluding carboxylic acids is 1. The van der Waals surface area contributed by atoms with E-state index >= 15 is 0 Å². The molecule has 0 radical (unpaired) electrons. The summed E-state index contributed by atoms with van der Waals surface area (Å²) < 4.78 is 23.4. The number of ether oxygens (including phenoxy) is 4. The van der Waals surface area contributed by atoms with E-state index in [4.69, 9.17) is 18.9 Å². The molecule has 1 aliphatic heterocycles. The normalized spacial score (nSPS) is 26.3. The molecule has 0 aliphatic carbocycles. The molecule has 2 aromatic carbocycles. The summed E-state index contributed by atoms with van der Waals surface area (Å²) in [6.45, 7) is 8.22. The number of benzene rings is 2. The quantitative estimate of drug-likeness (QED) is 0.441. The van der Waals surface area contributed by atoms with Gasteiger partial charge in [-0.25, -0.2) is 4.79 Å². The van der Waals surface area contributed by atoms with Crippen molar-refractivity contribution in [2.45, 2.75) is 39.8 Å². The molecule has 0 bridgehead atoms. The molecule has 5 nitrogen and oxygen atoms in total. The molecular formula is C25H32O5. The summed E-state index contributed by atoms with van der Waals surface area (Å²) in [5, 5.41) is 0. The molecular weight excluding hydrogens is 380 g/mol. The minimum Gasteiger partial charge on any atom is -0.459 e. The van der Waals surface area contributed by atoms with Crippen LogP contribution in [0.2, 0.25) is 0 Å². The number of hydrogen-bond acceptors (Lipinski definition) is 5. The van der Waals surface area contributed by atoms with Crippen LogP contribution < -0.4 is 0 Å². The predicted octanol–water partition coefficient (Wildman–Crippen LogP) is 4.71. The van der Waals surface area contributed by atoms with Crippen molar-refractivity contribution in [2.24, 2.45) is 17.8 Å². The highest BCUT2D eigenvalue weighted by Gasteiger charge is 2.40. The lowest BCUT2D eigenvalue weighted by molar-refractivity contribution is -0.256. The second-order valence-electron chi connectivity index (χ2n) is 7.99. The monoisotopic (exact) mass is 412 g/mol. The Morgan fingerprint density at radius 2 is 1.53 bits per heavy atom. The molecule has 0 N–H and O–H groups in total. The molecule has 5 atom stereocenters. The third-order valence-corrected chi connectivity index (χ3v) is 5.99. The summed E-state index contributed by atoms with van der Waals surface area (Å²) >= 11 is 0. The standard InChI is InChI=1S/C25H32O5/c1-18-19(2)23(17-29-24(26)22-12-8-5-9-13-22)30-25(20(18)3)28-15-14-27-16-21-10-6-4-7-11-21/h4-13,18-20,23,25H,14-17H2,1-3H3. The van der Waals surface area contributed by atoms with Gasteiger partial charge in [0.05, 0.1) is 31.5 Å². The van der Waals surface area contributed by atoms with E-state index in [1.54, 1.807) is 12.1 Å². The predicted molar refractivity (Wildman–Crippen MR) is 115 cm³/mol. The average Bonchev–Trinajstić information content (AvgIpc) is 2.79. The maximum atomic E-state index is 12.3. The Morgan fingerprint density at radius 1 is 0.867 bits per heavy atom. The highest BCUT2D eigenvalue weighted by Crippen LogP contribution is 2.35. The van der Waals surface area contributed by atoms with E-state index in [2.05, 4.69) is 20.8 Å². The van der Waals surface area contributed by atoms with Gasteiger partial charge in [-0.15, -0.1) is 0 Å². The first kappa shape index (κ1) is 22.5. The Morgan fingerprint density at radius 3 is 2.23 bits per heavy atom. The van der Waals surface area contributed by atoms with Crippen molar-refractivity contribution in [3.8, 4) is 0 Å². The van der Waals surface area contributed by atoms with Gasteiger partial charge < -0.3 is 18.9 Å². The summed E-state index contributed by atoms with van der Waals surface area (Å²) in [5.74, 6) is 0.562. The molecule has 5 heteroatoms. The van der Waals surface area contributed by atoms with Crippen molar-refractivity contribution < 1.29 is 23.7 Å². The highest BCUT2D eigenvalue weighted by molar-refractivity contribution is 5.89. The van der Waals surface area contributed by atoms with Crippen molar-refractivity contribution >= 4 is 5.97 Å². The highest BCUT2D eigenvalue weighted by atomic mass is 16.7. The van der Waals surface area contributed by atoms with Gasteiger partial charge in [-0.3, -0.25) is 0 Å². The molecule has 3 rings (SSSR count). The van der Waals surface area contributed by atoms with Gasteiger partial charge in [0.25, 0.3) is 0 Å². The third kappa shape index (κ3) is 6.14. The van der Waals surface area contributed by atoms with Crippen molar-refractivity contribution in [1.82, 2.24) is 0 Å². The summed E-state index contributed by atoms with van der Waals surface area (Å²) in [4.78, 5) is 12.3. The van der Waals surface area contributed by atoms with Crippen LogP contribution in [0.1, 0.15) is 36.7 Å². The average molecular weight is 413 g/mol. The summed E-state index contributed by atoms with van der Waals surface area (Å²) in [6, 6.07) is 19.1. The van der Waals surface area contributed by atoms with Gasteiger partial charge >= 0.3 is 5.97 Å². The Labute approximate surface area is 179 Å². The summed E-state index contributed by atoms with van der Waals surface area (Å²) in [6.07, 6.45) is -0.531. The first-order chi connectivity index (χ1) is 14.6. The van der Waals surface area contributed by atoms with E-state index in [0.29, 0.717) is 31.3 Å². The van der Waals surface area contributed by atoms with Crippen LogP contribution in [0, 0.1) is 17.8 Å². The van der Waals surface area contributed by atoms with Crippen LogP contribution in [0.5, 0.6) is 0 Å². The smallest absolute Gasteiger partial charge is 0.338 e. The summed E-state index contributed by atoms with van der Waals surface area (Å²) in [5.41, 5.74) is 1.69. The Balaban J connectivity index is 1.44. The van der Waals surface area contributed by atoms with E-state index in [9.17, 15) is 4.79 Å². The van der Waals surface area contributed by atoms with E-state index in [1.807, 2.05) is 48.5 Å². The van der Waals surface area contributed by atoms with Crippen molar-refractivity contribution in [3.63, 3.8) is 0 Å². The zero-order valence-electron chi connectivity index (χ0n) is 18.0. The second kappa shape index (κ2) is 11.3. The molecule has 0 aromatic heterocycles. The topological polar surface area (TPSA) is 54.0 Å². The van der Waals surface area contributed by atoms with Gasteiger partial charge in [0.15, 0.2) is 6.29 Å². The fraction of sp³-hybridized carbons (Fsp3) is 0.480. The number of hydrogen-bond donors (Lipinski definition) is 0. The minimum atomic E-state index is -0.336. The zero-order valence-corrected chi connectivity index (χ0v) is 18.0. The van der Waals surface area contributed by atoms with Crippen LogP contribution in [-0.2, 0) is 25.6 Å². The molecule has 30 heavy (non-hydrogen) atoms. The maximum Gasteiger partial charge on any atom is 0.338 e. The Hall–Kier alpha value is -2.21.